The van der Waals surface area contributed by atoms with Crippen LogP contribution in [0.3, 0.4) is 0 Å². The maximum absolute atomic E-state index is 5.90. The summed E-state index contributed by atoms with van der Waals surface area (Å²) in [7, 11) is -1.69. The number of para-hydroxylation sites is 1. The Morgan fingerprint density at radius 1 is 0.500 bits per heavy atom. The lowest BCUT2D eigenvalue weighted by Gasteiger charge is -2.18. The number of hydrogen-bond acceptors (Lipinski definition) is 3. The van der Waals surface area contributed by atoms with Crippen molar-refractivity contribution in [1.82, 2.24) is 0 Å². The van der Waals surface area contributed by atoms with Gasteiger partial charge in [0.15, 0.2) is 0 Å². The Kier molecular flexibility index (Phi) is 5.81. The minimum Gasteiger partial charge on any atom is -0.409 e. The second kappa shape index (κ2) is 8.25. The largest absolute Gasteiger partial charge is 0.530 e. The van der Waals surface area contributed by atoms with Gasteiger partial charge < -0.3 is 13.6 Å². The molecule has 0 aliphatic carbocycles. The summed E-state index contributed by atoms with van der Waals surface area (Å²) < 4.78 is 17.5. The molecular formula is C18H13Cl2O3P. The van der Waals surface area contributed by atoms with Gasteiger partial charge in [-0.05, 0) is 60.7 Å². The van der Waals surface area contributed by atoms with Gasteiger partial charge in [0.05, 0.1) is 0 Å². The second-order valence-corrected chi connectivity index (χ2v) is 6.59. The third-order valence-corrected chi connectivity index (χ3v) is 4.49. The summed E-state index contributed by atoms with van der Waals surface area (Å²) in [5.74, 6) is 1.87. The van der Waals surface area contributed by atoms with Crippen molar-refractivity contribution in [3.05, 3.63) is 88.9 Å². The first-order chi connectivity index (χ1) is 11.7. The average molecular weight is 379 g/mol. The Morgan fingerprint density at radius 3 is 1.29 bits per heavy atom. The topological polar surface area (TPSA) is 27.7 Å². The first-order valence-corrected chi connectivity index (χ1v) is 8.94. The van der Waals surface area contributed by atoms with E-state index in [0.717, 1.165) is 0 Å². The van der Waals surface area contributed by atoms with Crippen LogP contribution >= 0.6 is 31.8 Å². The summed E-state index contributed by atoms with van der Waals surface area (Å²) in [4.78, 5) is 0. The van der Waals surface area contributed by atoms with E-state index in [1.165, 1.54) is 0 Å². The Balaban J connectivity index is 1.76. The normalized spacial score (nSPS) is 10.5. The Hall–Kier alpha value is -1.93. The van der Waals surface area contributed by atoms with Gasteiger partial charge in [-0.1, -0.05) is 41.4 Å². The number of benzene rings is 3. The SMILES string of the molecule is Clc1ccc(OP(Oc2ccccc2)Oc2ccc(Cl)cc2)cc1. The molecule has 0 aliphatic heterocycles. The van der Waals surface area contributed by atoms with Crippen molar-refractivity contribution >= 4 is 31.8 Å². The zero-order valence-electron chi connectivity index (χ0n) is 12.4. The lowest BCUT2D eigenvalue weighted by atomic mass is 10.3. The molecule has 0 unspecified atom stereocenters. The molecule has 0 fully saturated rings. The fourth-order valence-electron chi connectivity index (χ4n) is 1.79. The van der Waals surface area contributed by atoms with Crippen LogP contribution in [0.25, 0.3) is 0 Å². The standard InChI is InChI=1S/C18H13Cl2O3P/c19-14-6-10-17(11-7-14)22-24(21-16-4-2-1-3-5-16)23-18-12-8-15(20)9-13-18/h1-13H. The van der Waals surface area contributed by atoms with Crippen LogP contribution < -0.4 is 13.6 Å². The summed E-state index contributed by atoms with van der Waals surface area (Å²) in [5, 5.41) is 1.27. The van der Waals surface area contributed by atoms with Gasteiger partial charge in [0, 0.05) is 10.0 Å². The van der Waals surface area contributed by atoms with Crippen LogP contribution in [0.2, 0.25) is 10.0 Å². The number of rotatable bonds is 6. The summed E-state index contributed by atoms with van der Waals surface area (Å²) in [6.07, 6.45) is 0. The van der Waals surface area contributed by atoms with Crippen LogP contribution in [0.1, 0.15) is 0 Å². The van der Waals surface area contributed by atoms with E-state index in [9.17, 15) is 0 Å². The van der Waals surface area contributed by atoms with Gasteiger partial charge in [-0.2, -0.15) is 0 Å². The molecule has 24 heavy (non-hydrogen) atoms. The molecule has 0 aliphatic rings. The zero-order chi connectivity index (χ0) is 16.8. The molecule has 0 bridgehead atoms. The van der Waals surface area contributed by atoms with Gasteiger partial charge in [-0.25, -0.2) is 0 Å². The molecule has 0 aromatic heterocycles. The van der Waals surface area contributed by atoms with Crippen LogP contribution in [-0.4, -0.2) is 0 Å². The fourth-order valence-corrected chi connectivity index (χ4v) is 3.03. The van der Waals surface area contributed by atoms with Crippen LogP contribution in [0.5, 0.6) is 17.2 Å². The van der Waals surface area contributed by atoms with Crippen LogP contribution in [0.15, 0.2) is 78.9 Å². The maximum atomic E-state index is 5.90. The highest BCUT2D eigenvalue weighted by Gasteiger charge is 2.19. The van der Waals surface area contributed by atoms with Gasteiger partial charge >= 0.3 is 8.60 Å². The van der Waals surface area contributed by atoms with Crippen LogP contribution in [0.4, 0.5) is 0 Å². The van der Waals surface area contributed by atoms with Crippen LogP contribution in [-0.2, 0) is 0 Å². The quantitative estimate of drug-likeness (QED) is 0.443. The van der Waals surface area contributed by atoms with E-state index in [1.54, 1.807) is 48.5 Å². The van der Waals surface area contributed by atoms with E-state index in [2.05, 4.69) is 0 Å². The monoisotopic (exact) mass is 378 g/mol. The summed E-state index contributed by atoms with van der Waals surface area (Å²) in [6.45, 7) is 0. The molecule has 0 saturated heterocycles. The third-order valence-electron chi connectivity index (χ3n) is 2.91. The molecule has 3 aromatic carbocycles. The molecule has 122 valence electrons. The minimum absolute atomic E-state index is 0.607. The summed E-state index contributed by atoms with van der Waals surface area (Å²) >= 11 is 11.8. The van der Waals surface area contributed by atoms with Crippen molar-refractivity contribution < 1.29 is 13.6 Å². The van der Waals surface area contributed by atoms with Gasteiger partial charge in [-0.15, -0.1) is 0 Å². The highest BCUT2D eigenvalue weighted by molar-refractivity contribution is 7.43. The maximum Gasteiger partial charge on any atom is 0.530 e. The second-order valence-electron chi connectivity index (χ2n) is 4.72. The van der Waals surface area contributed by atoms with Gasteiger partial charge in [-0.3, -0.25) is 0 Å². The lowest BCUT2D eigenvalue weighted by Crippen LogP contribution is -2.02. The molecule has 0 heterocycles. The minimum atomic E-state index is -1.69. The molecule has 3 nitrogen and oxygen atoms in total. The van der Waals surface area contributed by atoms with Gasteiger partial charge in [0.25, 0.3) is 0 Å². The first kappa shape index (κ1) is 16.9. The highest BCUT2D eigenvalue weighted by Crippen LogP contribution is 2.42. The van der Waals surface area contributed by atoms with E-state index in [0.29, 0.717) is 27.3 Å². The predicted molar refractivity (Wildman–Crippen MR) is 98.2 cm³/mol. The molecule has 0 N–H and O–H groups in total. The molecule has 6 heteroatoms. The fraction of sp³-hybridized carbons (Fsp3) is 0. The van der Waals surface area contributed by atoms with Crippen molar-refractivity contribution in [1.29, 1.82) is 0 Å². The molecular weight excluding hydrogens is 366 g/mol. The zero-order valence-corrected chi connectivity index (χ0v) is 14.8. The lowest BCUT2D eigenvalue weighted by molar-refractivity contribution is 0.388. The molecule has 0 amide bonds. The number of hydrogen-bond donors (Lipinski definition) is 0. The smallest absolute Gasteiger partial charge is 0.409 e. The molecule has 0 saturated carbocycles. The first-order valence-electron chi connectivity index (χ1n) is 7.09. The Bertz CT molecular complexity index is 717. The Labute approximate surface area is 151 Å². The van der Waals surface area contributed by atoms with Gasteiger partial charge in [0.1, 0.15) is 17.2 Å². The van der Waals surface area contributed by atoms with E-state index in [1.807, 2.05) is 30.3 Å². The summed E-state index contributed by atoms with van der Waals surface area (Å²) in [6, 6.07) is 23.4. The average Bonchev–Trinajstić information content (AvgIpc) is 2.60. The van der Waals surface area contributed by atoms with E-state index < -0.39 is 8.60 Å². The summed E-state index contributed by atoms with van der Waals surface area (Å²) in [5.41, 5.74) is 0. The highest BCUT2D eigenvalue weighted by atomic mass is 35.5. The van der Waals surface area contributed by atoms with E-state index >= 15 is 0 Å². The molecule has 0 spiro atoms. The molecule has 3 aromatic rings. The molecule has 0 radical (unpaired) electrons. The predicted octanol–water partition coefficient (Wildman–Crippen LogP) is 6.76. The van der Waals surface area contributed by atoms with Crippen molar-refractivity contribution in [2.24, 2.45) is 0 Å². The van der Waals surface area contributed by atoms with Crippen LogP contribution in [0, 0.1) is 0 Å². The molecule has 0 atom stereocenters. The Morgan fingerprint density at radius 2 is 0.875 bits per heavy atom. The van der Waals surface area contributed by atoms with Crippen molar-refractivity contribution in [2.75, 3.05) is 0 Å². The van der Waals surface area contributed by atoms with E-state index in [-0.39, 0.29) is 0 Å². The number of halogens is 2. The van der Waals surface area contributed by atoms with Gasteiger partial charge in [0.2, 0.25) is 0 Å². The molecule has 3 rings (SSSR count). The van der Waals surface area contributed by atoms with Crippen molar-refractivity contribution in [2.45, 2.75) is 0 Å². The van der Waals surface area contributed by atoms with E-state index in [4.69, 9.17) is 36.8 Å². The van der Waals surface area contributed by atoms with Crippen molar-refractivity contribution in [3.63, 3.8) is 0 Å². The van der Waals surface area contributed by atoms with Crippen molar-refractivity contribution in [3.8, 4) is 17.2 Å². The third kappa shape index (κ3) is 5.04.